The third-order valence-electron chi connectivity index (χ3n) is 2.11. The quantitative estimate of drug-likeness (QED) is 0.583. The zero-order valence-corrected chi connectivity index (χ0v) is 7.36. The van der Waals surface area contributed by atoms with Gasteiger partial charge in [0.25, 0.3) is 0 Å². The molecule has 0 aromatic heterocycles. The van der Waals surface area contributed by atoms with Crippen LogP contribution in [0.3, 0.4) is 0 Å². The second kappa shape index (κ2) is 2.59. The molecule has 0 atom stereocenters. The first-order valence-corrected chi connectivity index (χ1v) is 5.68. The average molecular weight is 176 g/mol. The Morgan fingerprint density at radius 3 is 2.27 bits per heavy atom. The van der Waals surface area contributed by atoms with Gasteiger partial charge in [0.15, 0.2) is 0 Å². The molecule has 11 heavy (non-hydrogen) atoms. The second-order valence-corrected chi connectivity index (χ2v) is 5.62. The number of sulfone groups is 1. The smallest absolute Gasteiger partial charge is 0.147 e. The summed E-state index contributed by atoms with van der Waals surface area (Å²) >= 11 is 0. The van der Waals surface area contributed by atoms with E-state index in [-0.39, 0.29) is 11.2 Å². The maximum atomic E-state index is 10.7. The van der Waals surface area contributed by atoms with E-state index in [1.165, 1.54) is 6.26 Å². The number of rotatable bonds is 4. The highest BCUT2D eigenvalue weighted by Crippen LogP contribution is 2.46. The molecule has 0 amide bonds. The Balaban J connectivity index is 2.39. The maximum absolute atomic E-state index is 10.7. The van der Waals surface area contributed by atoms with E-state index in [0.29, 0.717) is 6.42 Å². The van der Waals surface area contributed by atoms with Crippen molar-refractivity contribution in [2.75, 3.05) is 12.0 Å². The van der Waals surface area contributed by atoms with Crippen molar-refractivity contribution in [3.8, 4) is 0 Å². The van der Waals surface area contributed by atoms with Gasteiger partial charge in [0.1, 0.15) is 16.1 Å². The lowest BCUT2D eigenvalue weighted by atomic mass is 10.1. The van der Waals surface area contributed by atoms with Gasteiger partial charge in [-0.25, -0.2) is 8.42 Å². The molecule has 0 aliphatic heterocycles. The first kappa shape index (κ1) is 8.71. The molecule has 0 N–H and O–H groups in total. The Morgan fingerprint density at radius 2 is 2.00 bits per heavy atom. The first-order valence-electron chi connectivity index (χ1n) is 3.62. The number of hydrogen-bond donors (Lipinski definition) is 0. The minimum absolute atomic E-state index is 0.145. The molecular weight excluding hydrogens is 164 g/mol. The van der Waals surface area contributed by atoms with Gasteiger partial charge in [0.05, 0.1) is 5.75 Å². The monoisotopic (exact) mass is 176 g/mol. The molecule has 0 radical (unpaired) electrons. The minimum atomic E-state index is -2.89. The van der Waals surface area contributed by atoms with Crippen LogP contribution in [0.25, 0.3) is 0 Å². The Bertz CT molecular complexity index is 249. The number of carbonyl (C=O) groups excluding carboxylic acids is 1. The van der Waals surface area contributed by atoms with Gasteiger partial charge in [-0.15, -0.1) is 0 Å². The summed E-state index contributed by atoms with van der Waals surface area (Å²) in [7, 11) is -2.89. The standard InChI is InChI=1S/C7H12O3S/c1-11(9,10)5-4-7(6-8)2-3-7/h6H,2-5H2,1H3. The van der Waals surface area contributed by atoms with Crippen molar-refractivity contribution in [3.05, 3.63) is 0 Å². The number of aldehydes is 1. The van der Waals surface area contributed by atoms with Crippen molar-refractivity contribution < 1.29 is 13.2 Å². The summed E-state index contributed by atoms with van der Waals surface area (Å²) in [5.41, 5.74) is -0.261. The van der Waals surface area contributed by atoms with Crippen LogP contribution in [0.1, 0.15) is 19.3 Å². The molecule has 4 heteroatoms. The Morgan fingerprint density at radius 1 is 1.45 bits per heavy atom. The van der Waals surface area contributed by atoms with E-state index < -0.39 is 9.84 Å². The van der Waals surface area contributed by atoms with Crippen LogP contribution in [0, 0.1) is 5.41 Å². The van der Waals surface area contributed by atoms with Crippen molar-refractivity contribution in [2.24, 2.45) is 5.41 Å². The van der Waals surface area contributed by atoms with Crippen LogP contribution in [0.15, 0.2) is 0 Å². The van der Waals surface area contributed by atoms with E-state index in [1.807, 2.05) is 0 Å². The maximum Gasteiger partial charge on any atom is 0.147 e. The van der Waals surface area contributed by atoms with Gasteiger partial charge in [0.2, 0.25) is 0 Å². The molecule has 1 aliphatic carbocycles. The molecule has 64 valence electrons. The number of hydrogen-bond acceptors (Lipinski definition) is 3. The van der Waals surface area contributed by atoms with Gasteiger partial charge >= 0.3 is 0 Å². The topological polar surface area (TPSA) is 51.2 Å². The van der Waals surface area contributed by atoms with Gasteiger partial charge in [-0.1, -0.05) is 0 Å². The van der Waals surface area contributed by atoms with Crippen LogP contribution < -0.4 is 0 Å². The van der Waals surface area contributed by atoms with Crippen LogP contribution in [0.5, 0.6) is 0 Å². The van der Waals surface area contributed by atoms with E-state index in [0.717, 1.165) is 19.1 Å². The molecule has 1 rings (SSSR count). The molecule has 0 aromatic carbocycles. The predicted molar refractivity (Wildman–Crippen MR) is 42.1 cm³/mol. The lowest BCUT2D eigenvalue weighted by Crippen LogP contribution is -2.11. The second-order valence-electron chi connectivity index (χ2n) is 3.36. The molecule has 0 heterocycles. The van der Waals surface area contributed by atoms with Crippen LogP contribution in [-0.2, 0) is 14.6 Å². The predicted octanol–water partition coefficient (Wildman–Crippen LogP) is 0.400. The molecule has 0 saturated heterocycles. The molecule has 0 spiro atoms. The summed E-state index contributed by atoms with van der Waals surface area (Å²) in [6.45, 7) is 0. The summed E-state index contributed by atoms with van der Waals surface area (Å²) in [4.78, 5) is 10.4. The summed E-state index contributed by atoms with van der Waals surface area (Å²) in [6, 6.07) is 0. The van der Waals surface area contributed by atoms with Crippen molar-refractivity contribution in [2.45, 2.75) is 19.3 Å². The summed E-state index contributed by atoms with van der Waals surface area (Å²) in [6.07, 6.45) is 4.35. The number of carbonyl (C=O) groups is 1. The van der Waals surface area contributed by atoms with E-state index in [9.17, 15) is 13.2 Å². The van der Waals surface area contributed by atoms with Crippen LogP contribution in [-0.4, -0.2) is 26.7 Å². The SMILES string of the molecule is CS(=O)(=O)CCC1(C=O)CC1. The fraction of sp³-hybridized carbons (Fsp3) is 0.857. The fourth-order valence-corrected chi connectivity index (χ4v) is 1.75. The van der Waals surface area contributed by atoms with Crippen molar-refractivity contribution in [1.29, 1.82) is 0 Å². The Labute approximate surface area is 66.7 Å². The molecule has 1 aliphatic rings. The van der Waals surface area contributed by atoms with Gasteiger partial charge < -0.3 is 4.79 Å². The highest BCUT2D eigenvalue weighted by molar-refractivity contribution is 7.90. The summed E-state index contributed by atoms with van der Waals surface area (Å²) in [5, 5.41) is 0. The molecule has 0 unspecified atom stereocenters. The summed E-state index contributed by atoms with van der Waals surface area (Å²) < 4.78 is 21.4. The fourth-order valence-electron chi connectivity index (χ4n) is 0.976. The van der Waals surface area contributed by atoms with E-state index in [4.69, 9.17) is 0 Å². The van der Waals surface area contributed by atoms with Gasteiger partial charge in [-0.05, 0) is 19.3 Å². The highest BCUT2D eigenvalue weighted by Gasteiger charge is 2.42. The van der Waals surface area contributed by atoms with Crippen molar-refractivity contribution in [1.82, 2.24) is 0 Å². The average Bonchev–Trinajstić information content (AvgIpc) is 2.63. The molecule has 3 nitrogen and oxygen atoms in total. The van der Waals surface area contributed by atoms with Crippen LogP contribution in [0.4, 0.5) is 0 Å². The lowest BCUT2D eigenvalue weighted by Gasteiger charge is -2.03. The lowest BCUT2D eigenvalue weighted by molar-refractivity contribution is -0.112. The zero-order chi connectivity index (χ0) is 8.54. The van der Waals surface area contributed by atoms with Gasteiger partial charge in [-0.3, -0.25) is 0 Å². The van der Waals surface area contributed by atoms with Gasteiger partial charge in [0, 0.05) is 11.7 Å². The normalized spacial score (nSPS) is 21.2. The molecule has 1 fully saturated rings. The zero-order valence-electron chi connectivity index (χ0n) is 6.54. The molecular formula is C7H12O3S. The first-order chi connectivity index (χ1) is 4.97. The molecule has 0 aromatic rings. The van der Waals surface area contributed by atoms with E-state index in [1.54, 1.807) is 0 Å². The largest absolute Gasteiger partial charge is 0.303 e. The van der Waals surface area contributed by atoms with Gasteiger partial charge in [-0.2, -0.15) is 0 Å². The Hall–Kier alpha value is -0.380. The van der Waals surface area contributed by atoms with Crippen LogP contribution in [0.2, 0.25) is 0 Å². The molecule has 0 bridgehead atoms. The third-order valence-corrected chi connectivity index (χ3v) is 3.06. The molecule has 1 saturated carbocycles. The van der Waals surface area contributed by atoms with Crippen molar-refractivity contribution in [3.63, 3.8) is 0 Å². The van der Waals surface area contributed by atoms with Crippen molar-refractivity contribution >= 4 is 16.1 Å². The van der Waals surface area contributed by atoms with E-state index in [2.05, 4.69) is 0 Å². The Kier molecular flexibility index (Phi) is 2.05. The summed E-state index contributed by atoms with van der Waals surface area (Å²) in [5.74, 6) is 0.145. The van der Waals surface area contributed by atoms with E-state index >= 15 is 0 Å². The minimum Gasteiger partial charge on any atom is -0.303 e. The third kappa shape index (κ3) is 2.61. The highest BCUT2D eigenvalue weighted by atomic mass is 32.2. The van der Waals surface area contributed by atoms with Crippen LogP contribution >= 0.6 is 0 Å².